The van der Waals surface area contributed by atoms with E-state index in [0.29, 0.717) is 5.17 Å². The van der Waals surface area contributed by atoms with Gasteiger partial charge in [-0.25, -0.2) is 8.42 Å². The monoisotopic (exact) mass is 382 g/mol. The van der Waals surface area contributed by atoms with Gasteiger partial charge in [0, 0.05) is 16.9 Å². The van der Waals surface area contributed by atoms with Crippen LogP contribution in [0.2, 0.25) is 0 Å². The van der Waals surface area contributed by atoms with Crippen molar-refractivity contribution in [3.63, 3.8) is 0 Å². The van der Waals surface area contributed by atoms with Gasteiger partial charge in [-0.3, -0.25) is 4.79 Å². The fraction of sp³-hybridized carbons (Fsp3) is 0.529. The van der Waals surface area contributed by atoms with Gasteiger partial charge in [-0.2, -0.15) is 4.99 Å². The van der Waals surface area contributed by atoms with Crippen molar-refractivity contribution >= 4 is 38.4 Å². The molecule has 2 saturated heterocycles. The number of benzene rings is 1. The van der Waals surface area contributed by atoms with E-state index in [4.69, 9.17) is 4.74 Å². The van der Waals surface area contributed by atoms with E-state index in [-0.39, 0.29) is 34.6 Å². The number of thioether (sulfide) groups is 1. The molecule has 0 aliphatic carbocycles. The van der Waals surface area contributed by atoms with Crippen molar-refractivity contribution in [1.82, 2.24) is 0 Å². The molecule has 6 nitrogen and oxygen atoms in total. The zero-order chi connectivity index (χ0) is 18.2. The van der Waals surface area contributed by atoms with Crippen LogP contribution in [0, 0.1) is 5.92 Å². The summed E-state index contributed by atoms with van der Waals surface area (Å²) in [5.41, 5.74) is 0.827. The molecule has 2 fully saturated rings. The first kappa shape index (κ1) is 18.3. The van der Waals surface area contributed by atoms with E-state index >= 15 is 0 Å². The second kappa shape index (κ2) is 6.99. The molecule has 2 aliphatic heterocycles. The Labute approximate surface area is 152 Å². The number of anilines is 1. The quantitative estimate of drug-likeness (QED) is 0.796. The summed E-state index contributed by atoms with van der Waals surface area (Å²) in [7, 11) is -1.46. The molecule has 8 heteroatoms. The fourth-order valence-electron chi connectivity index (χ4n) is 2.99. The Hall–Kier alpha value is -1.54. The maximum atomic E-state index is 12.3. The molecule has 136 valence electrons. The number of amides is 1. The van der Waals surface area contributed by atoms with Crippen LogP contribution in [0.4, 0.5) is 5.69 Å². The lowest BCUT2D eigenvalue weighted by Crippen LogP contribution is -2.37. The summed E-state index contributed by atoms with van der Waals surface area (Å²) < 4.78 is 29.3. The molecule has 0 bridgehead atoms. The highest BCUT2D eigenvalue weighted by molar-refractivity contribution is 8.16. The number of sulfone groups is 1. The lowest BCUT2D eigenvalue weighted by molar-refractivity contribution is -0.121. The van der Waals surface area contributed by atoms with Crippen LogP contribution in [-0.4, -0.2) is 49.4 Å². The molecule has 0 aromatic heterocycles. The number of hydrogen-bond donors (Lipinski definition) is 0. The van der Waals surface area contributed by atoms with Crippen LogP contribution in [0.3, 0.4) is 0 Å². The molecular weight excluding hydrogens is 360 g/mol. The SMILES string of the molecule is CC[C@H](C)C(=O)N=C1S[C@H]2CS(=O)(=O)C[C@@H]2N1c1ccc(OC)cc1. The molecule has 25 heavy (non-hydrogen) atoms. The molecule has 2 heterocycles. The van der Waals surface area contributed by atoms with Gasteiger partial charge in [-0.1, -0.05) is 25.6 Å². The van der Waals surface area contributed by atoms with E-state index in [0.717, 1.165) is 17.9 Å². The summed E-state index contributed by atoms with van der Waals surface area (Å²) in [5, 5.41) is 0.510. The highest BCUT2D eigenvalue weighted by Gasteiger charge is 2.49. The predicted molar refractivity (Wildman–Crippen MR) is 101 cm³/mol. The maximum Gasteiger partial charge on any atom is 0.250 e. The second-order valence-electron chi connectivity index (χ2n) is 6.41. The van der Waals surface area contributed by atoms with E-state index in [1.54, 1.807) is 7.11 Å². The Morgan fingerprint density at radius 2 is 2.04 bits per heavy atom. The summed E-state index contributed by atoms with van der Waals surface area (Å²) in [6, 6.07) is 7.20. The number of hydrogen-bond acceptors (Lipinski definition) is 5. The molecule has 0 radical (unpaired) electrons. The molecule has 2 aliphatic rings. The number of rotatable bonds is 4. The first-order valence-electron chi connectivity index (χ1n) is 8.27. The molecular formula is C17H22N2O4S2. The zero-order valence-electron chi connectivity index (χ0n) is 14.5. The smallest absolute Gasteiger partial charge is 0.250 e. The largest absolute Gasteiger partial charge is 0.497 e. The minimum atomic E-state index is -3.06. The Bertz CT molecular complexity index is 789. The number of fused-ring (bicyclic) bond motifs is 1. The predicted octanol–water partition coefficient (Wildman–Crippen LogP) is 2.34. The summed E-state index contributed by atoms with van der Waals surface area (Å²) in [6.45, 7) is 3.81. The van der Waals surface area contributed by atoms with Crippen molar-refractivity contribution in [2.75, 3.05) is 23.5 Å². The molecule has 1 amide bonds. The van der Waals surface area contributed by atoms with E-state index in [1.165, 1.54) is 11.8 Å². The van der Waals surface area contributed by atoms with Gasteiger partial charge >= 0.3 is 0 Å². The van der Waals surface area contributed by atoms with E-state index < -0.39 is 9.84 Å². The molecule has 1 aromatic carbocycles. The van der Waals surface area contributed by atoms with Gasteiger partial charge in [0.05, 0.1) is 24.7 Å². The van der Waals surface area contributed by atoms with Gasteiger partial charge in [0.1, 0.15) is 5.75 Å². The summed E-state index contributed by atoms with van der Waals surface area (Å²) in [6.07, 6.45) is 0.726. The second-order valence-corrected chi connectivity index (χ2v) is 9.77. The van der Waals surface area contributed by atoms with E-state index in [9.17, 15) is 13.2 Å². The van der Waals surface area contributed by atoms with Crippen LogP contribution in [0.5, 0.6) is 5.75 Å². The van der Waals surface area contributed by atoms with Gasteiger partial charge in [0.15, 0.2) is 15.0 Å². The summed E-state index contributed by atoms with van der Waals surface area (Å²) in [4.78, 5) is 18.5. The van der Waals surface area contributed by atoms with Gasteiger partial charge < -0.3 is 9.64 Å². The van der Waals surface area contributed by atoms with Crippen LogP contribution >= 0.6 is 11.8 Å². The van der Waals surface area contributed by atoms with E-state index in [2.05, 4.69) is 4.99 Å². The number of carbonyl (C=O) groups excluding carboxylic acids is 1. The van der Waals surface area contributed by atoms with Crippen LogP contribution in [0.1, 0.15) is 20.3 Å². The first-order chi connectivity index (χ1) is 11.8. The minimum absolute atomic E-state index is 0.0874. The standard InChI is InChI=1S/C17H22N2O4S2/c1-4-11(2)16(20)18-17-19(12-5-7-13(23-3)8-6-12)14-9-25(21,22)10-15(14)24-17/h5-8,11,14-15H,4,9-10H2,1-3H3/t11-,14-,15-/m0/s1. The summed E-state index contributed by atoms with van der Waals surface area (Å²) in [5.74, 6) is 0.639. The minimum Gasteiger partial charge on any atom is -0.497 e. The zero-order valence-corrected chi connectivity index (χ0v) is 16.1. The van der Waals surface area contributed by atoms with Gasteiger partial charge in [-0.15, -0.1) is 0 Å². The third-order valence-corrected chi connectivity index (χ3v) is 7.87. The molecule has 0 unspecified atom stereocenters. The van der Waals surface area contributed by atoms with Gasteiger partial charge in [-0.05, 0) is 30.7 Å². The van der Waals surface area contributed by atoms with Crippen molar-refractivity contribution in [3.05, 3.63) is 24.3 Å². The molecule has 0 N–H and O–H groups in total. The van der Waals surface area contributed by atoms with Crippen molar-refractivity contribution in [3.8, 4) is 5.75 Å². The number of aliphatic imine (C=N–C) groups is 1. The topological polar surface area (TPSA) is 76.0 Å². The number of methoxy groups -OCH3 is 1. The Morgan fingerprint density at radius 3 is 2.64 bits per heavy atom. The fourth-order valence-corrected chi connectivity index (χ4v) is 6.91. The Morgan fingerprint density at radius 1 is 1.36 bits per heavy atom. The van der Waals surface area contributed by atoms with Crippen molar-refractivity contribution < 1.29 is 17.9 Å². The lowest BCUT2D eigenvalue weighted by Gasteiger charge is -2.24. The molecule has 3 atom stereocenters. The number of amidine groups is 1. The Kier molecular flexibility index (Phi) is 5.11. The molecule has 0 saturated carbocycles. The highest BCUT2D eigenvalue weighted by atomic mass is 32.2. The third kappa shape index (κ3) is 3.69. The highest BCUT2D eigenvalue weighted by Crippen LogP contribution is 2.41. The average Bonchev–Trinajstić information content (AvgIpc) is 3.05. The molecule has 1 aromatic rings. The van der Waals surface area contributed by atoms with Crippen LogP contribution in [-0.2, 0) is 14.6 Å². The van der Waals surface area contributed by atoms with Crippen LogP contribution in [0.25, 0.3) is 0 Å². The van der Waals surface area contributed by atoms with Crippen molar-refractivity contribution in [1.29, 1.82) is 0 Å². The summed E-state index contributed by atoms with van der Waals surface area (Å²) >= 11 is 1.40. The number of carbonyl (C=O) groups is 1. The van der Waals surface area contributed by atoms with Crippen LogP contribution in [0.15, 0.2) is 29.3 Å². The van der Waals surface area contributed by atoms with Crippen molar-refractivity contribution in [2.45, 2.75) is 31.6 Å². The number of nitrogens with zero attached hydrogens (tertiary/aromatic N) is 2. The van der Waals surface area contributed by atoms with Gasteiger partial charge in [0.2, 0.25) is 0 Å². The lowest BCUT2D eigenvalue weighted by atomic mass is 10.1. The Balaban J connectivity index is 1.97. The maximum absolute atomic E-state index is 12.3. The van der Waals surface area contributed by atoms with Gasteiger partial charge in [0.25, 0.3) is 5.91 Å². The molecule has 0 spiro atoms. The first-order valence-corrected chi connectivity index (χ1v) is 11.0. The molecule has 3 rings (SSSR count). The van der Waals surface area contributed by atoms with Crippen molar-refractivity contribution in [2.24, 2.45) is 10.9 Å². The average molecular weight is 383 g/mol. The van der Waals surface area contributed by atoms with Crippen LogP contribution < -0.4 is 9.64 Å². The third-order valence-electron chi connectivity index (χ3n) is 4.66. The number of ether oxygens (including phenoxy) is 1. The van der Waals surface area contributed by atoms with E-state index in [1.807, 2.05) is 43.0 Å². The normalized spacial score (nSPS) is 27.3.